The molecular weight excluding hydrogens is 310 g/mol. The SMILES string of the molecule is CC(C)(C)OC(=O)N1CCC([C@H](O)CCSc2ccccc2)C1. The van der Waals surface area contributed by atoms with Gasteiger partial charge in [-0.25, -0.2) is 4.79 Å². The molecule has 4 nitrogen and oxygen atoms in total. The van der Waals surface area contributed by atoms with E-state index in [2.05, 4.69) is 12.1 Å². The molecule has 0 bridgehead atoms. The van der Waals surface area contributed by atoms with Gasteiger partial charge >= 0.3 is 6.09 Å². The van der Waals surface area contributed by atoms with Crippen molar-refractivity contribution in [3.63, 3.8) is 0 Å². The number of nitrogens with zero attached hydrogens (tertiary/aromatic N) is 1. The summed E-state index contributed by atoms with van der Waals surface area (Å²) in [6, 6.07) is 10.2. The zero-order valence-electron chi connectivity index (χ0n) is 14.2. The van der Waals surface area contributed by atoms with Crippen molar-refractivity contribution >= 4 is 17.9 Å². The van der Waals surface area contributed by atoms with Crippen LogP contribution in [-0.4, -0.2) is 46.6 Å². The normalized spacial score (nSPS) is 19.7. The van der Waals surface area contributed by atoms with Crippen molar-refractivity contribution in [2.24, 2.45) is 5.92 Å². The van der Waals surface area contributed by atoms with Gasteiger partial charge in [0.2, 0.25) is 0 Å². The van der Waals surface area contributed by atoms with Crippen molar-refractivity contribution in [3.8, 4) is 0 Å². The predicted octanol–water partition coefficient (Wildman–Crippen LogP) is 3.79. The van der Waals surface area contributed by atoms with E-state index in [1.807, 2.05) is 39.0 Å². The van der Waals surface area contributed by atoms with Gasteiger partial charge in [0.1, 0.15) is 5.60 Å². The Balaban J connectivity index is 1.72. The molecule has 0 aliphatic carbocycles. The molecule has 1 N–H and O–H groups in total. The van der Waals surface area contributed by atoms with Gasteiger partial charge in [-0.2, -0.15) is 0 Å². The number of thioether (sulfide) groups is 1. The quantitative estimate of drug-likeness (QED) is 0.831. The summed E-state index contributed by atoms with van der Waals surface area (Å²) in [7, 11) is 0. The zero-order chi connectivity index (χ0) is 16.9. The van der Waals surface area contributed by atoms with Gasteiger partial charge in [-0.05, 0) is 45.7 Å². The first-order valence-corrected chi connectivity index (χ1v) is 9.17. The highest BCUT2D eigenvalue weighted by molar-refractivity contribution is 7.99. The highest BCUT2D eigenvalue weighted by Gasteiger charge is 2.33. The van der Waals surface area contributed by atoms with E-state index in [0.29, 0.717) is 13.1 Å². The van der Waals surface area contributed by atoms with Crippen molar-refractivity contribution < 1.29 is 14.6 Å². The molecule has 5 heteroatoms. The number of amides is 1. The van der Waals surface area contributed by atoms with Crippen LogP contribution in [0.5, 0.6) is 0 Å². The van der Waals surface area contributed by atoms with E-state index < -0.39 is 5.60 Å². The molecule has 128 valence electrons. The largest absolute Gasteiger partial charge is 0.444 e. The monoisotopic (exact) mass is 337 g/mol. The van der Waals surface area contributed by atoms with Crippen molar-refractivity contribution in [2.75, 3.05) is 18.8 Å². The van der Waals surface area contributed by atoms with Crippen molar-refractivity contribution in [1.29, 1.82) is 0 Å². The van der Waals surface area contributed by atoms with Gasteiger partial charge in [-0.15, -0.1) is 11.8 Å². The first-order chi connectivity index (χ1) is 10.8. The molecule has 1 aliphatic rings. The second kappa shape index (κ2) is 8.06. The molecule has 1 fully saturated rings. The van der Waals surface area contributed by atoms with Gasteiger partial charge in [0.15, 0.2) is 0 Å². The first kappa shape index (κ1) is 18.1. The number of likely N-dealkylation sites (tertiary alicyclic amines) is 1. The number of carbonyl (C=O) groups excluding carboxylic acids is 1. The van der Waals surface area contributed by atoms with Gasteiger partial charge in [0.25, 0.3) is 0 Å². The summed E-state index contributed by atoms with van der Waals surface area (Å²) in [5.74, 6) is 1.03. The summed E-state index contributed by atoms with van der Waals surface area (Å²) in [6.07, 6.45) is 0.951. The number of ether oxygens (including phenoxy) is 1. The lowest BCUT2D eigenvalue weighted by molar-refractivity contribution is 0.0268. The number of carbonyl (C=O) groups is 1. The smallest absolute Gasteiger partial charge is 0.410 e. The van der Waals surface area contributed by atoms with E-state index >= 15 is 0 Å². The Kier molecular flexibility index (Phi) is 6.36. The van der Waals surface area contributed by atoms with E-state index in [0.717, 1.165) is 18.6 Å². The maximum Gasteiger partial charge on any atom is 0.410 e. The van der Waals surface area contributed by atoms with Gasteiger partial charge in [0, 0.05) is 29.7 Å². The summed E-state index contributed by atoms with van der Waals surface area (Å²) in [5, 5.41) is 10.4. The minimum atomic E-state index is -0.472. The Morgan fingerprint density at radius 3 is 2.74 bits per heavy atom. The van der Waals surface area contributed by atoms with Gasteiger partial charge in [-0.3, -0.25) is 0 Å². The van der Waals surface area contributed by atoms with Crippen LogP contribution in [0.15, 0.2) is 35.2 Å². The zero-order valence-corrected chi connectivity index (χ0v) is 15.0. The fraction of sp³-hybridized carbons (Fsp3) is 0.611. The number of hydrogen-bond acceptors (Lipinski definition) is 4. The first-order valence-electron chi connectivity index (χ1n) is 8.19. The van der Waals surface area contributed by atoms with Crippen molar-refractivity contribution in [3.05, 3.63) is 30.3 Å². The average molecular weight is 337 g/mol. The maximum atomic E-state index is 12.0. The summed E-state index contributed by atoms with van der Waals surface area (Å²) in [6.45, 7) is 6.87. The van der Waals surface area contributed by atoms with Crippen LogP contribution in [0.1, 0.15) is 33.6 Å². The Bertz CT molecular complexity index is 501. The summed E-state index contributed by atoms with van der Waals surface area (Å²) >= 11 is 1.76. The molecule has 2 atom stereocenters. The van der Waals surface area contributed by atoms with Crippen LogP contribution in [0.3, 0.4) is 0 Å². The van der Waals surface area contributed by atoms with Crippen LogP contribution in [0.2, 0.25) is 0 Å². The van der Waals surface area contributed by atoms with Crippen molar-refractivity contribution in [2.45, 2.75) is 50.2 Å². The van der Waals surface area contributed by atoms with Crippen LogP contribution < -0.4 is 0 Å². The maximum absolute atomic E-state index is 12.0. The summed E-state index contributed by atoms with van der Waals surface area (Å²) < 4.78 is 5.39. The molecule has 0 aromatic heterocycles. The molecule has 1 saturated heterocycles. The number of hydrogen-bond donors (Lipinski definition) is 1. The van der Waals surface area contributed by atoms with E-state index in [1.165, 1.54) is 4.90 Å². The van der Waals surface area contributed by atoms with E-state index in [9.17, 15) is 9.90 Å². The molecule has 0 spiro atoms. The minimum absolute atomic E-state index is 0.152. The number of rotatable bonds is 5. The Hall–Kier alpha value is -1.20. The molecule has 1 aliphatic heterocycles. The average Bonchev–Trinajstić information content (AvgIpc) is 2.96. The molecule has 23 heavy (non-hydrogen) atoms. The third-order valence-electron chi connectivity index (χ3n) is 3.85. The second-order valence-electron chi connectivity index (χ2n) is 6.99. The topological polar surface area (TPSA) is 49.8 Å². The second-order valence-corrected chi connectivity index (χ2v) is 8.16. The van der Waals surface area contributed by atoms with Crippen LogP contribution in [0.25, 0.3) is 0 Å². The summed E-state index contributed by atoms with van der Waals surface area (Å²) in [4.78, 5) is 15.0. The fourth-order valence-corrected chi connectivity index (χ4v) is 3.59. The van der Waals surface area contributed by atoms with Gasteiger partial charge < -0.3 is 14.7 Å². The van der Waals surface area contributed by atoms with Crippen LogP contribution in [0.4, 0.5) is 4.79 Å². The van der Waals surface area contributed by atoms with Gasteiger partial charge in [0.05, 0.1) is 6.10 Å². The van der Waals surface area contributed by atoms with E-state index in [1.54, 1.807) is 16.7 Å². The third-order valence-corrected chi connectivity index (χ3v) is 4.89. The molecule has 1 unspecified atom stereocenters. The molecule has 0 radical (unpaired) electrons. The molecular formula is C18H27NO3S. The highest BCUT2D eigenvalue weighted by Crippen LogP contribution is 2.26. The van der Waals surface area contributed by atoms with Crippen LogP contribution in [0, 0.1) is 5.92 Å². The van der Waals surface area contributed by atoms with Crippen LogP contribution >= 0.6 is 11.8 Å². The molecule has 1 aromatic rings. The number of benzene rings is 1. The lowest BCUT2D eigenvalue weighted by Crippen LogP contribution is -2.36. The number of aliphatic hydroxyl groups is 1. The fourth-order valence-electron chi connectivity index (χ4n) is 2.64. The molecule has 2 rings (SSSR count). The third kappa shape index (κ3) is 6.07. The lowest BCUT2D eigenvalue weighted by Gasteiger charge is -2.25. The molecule has 1 amide bonds. The molecule has 1 aromatic carbocycles. The standard InChI is InChI=1S/C18H27NO3S/c1-18(2,3)22-17(21)19-11-9-14(13-19)16(20)10-12-23-15-7-5-4-6-8-15/h4-8,14,16,20H,9-13H2,1-3H3/t14?,16-/m1/s1. The van der Waals surface area contributed by atoms with Crippen LogP contribution in [-0.2, 0) is 4.74 Å². The van der Waals surface area contributed by atoms with E-state index in [-0.39, 0.29) is 18.1 Å². The Labute approximate surface area is 143 Å². The Morgan fingerprint density at radius 2 is 2.09 bits per heavy atom. The minimum Gasteiger partial charge on any atom is -0.444 e. The molecule has 1 heterocycles. The number of aliphatic hydroxyl groups excluding tert-OH is 1. The van der Waals surface area contributed by atoms with Gasteiger partial charge in [-0.1, -0.05) is 18.2 Å². The lowest BCUT2D eigenvalue weighted by atomic mass is 10.00. The molecule has 0 saturated carbocycles. The Morgan fingerprint density at radius 1 is 1.39 bits per heavy atom. The van der Waals surface area contributed by atoms with E-state index in [4.69, 9.17) is 4.74 Å². The predicted molar refractivity (Wildman–Crippen MR) is 93.7 cm³/mol. The highest BCUT2D eigenvalue weighted by atomic mass is 32.2. The van der Waals surface area contributed by atoms with Crippen molar-refractivity contribution in [1.82, 2.24) is 4.90 Å². The summed E-state index contributed by atoms with van der Waals surface area (Å²) in [5.41, 5.74) is -0.472.